The molecule has 0 radical (unpaired) electrons. The summed E-state index contributed by atoms with van der Waals surface area (Å²) >= 11 is 0. The second-order valence-corrected chi connectivity index (χ2v) is 8.87. The number of piperidine rings is 1. The van der Waals surface area contributed by atoms with E-state index in [0.29, 0.717) is 24.0 Å². The number of hydrogen-bond acceptors (Lipinski definition) is 6. The predicted molar refractivity (Wildman–Crippen MR) is 138 cm³/mol. The van der Waals surface area contributed by atoms with Crippen LogP contribution in [0.25, 0.3) is 0 Å². The molecule has 0 bridgehead atoms. The number of carbonyl (C=O) groups is 1. The molecule has 1 amide bonds. The minimum atomic E-state index is -0.0148. The van der Waals surface area contributed by atoms with E-state index in [9.17, 15) is 4.79 Å². The number of rotatable bonds is 8. The second kappa shape index (κ2) is 11.0. The van der Waals surface area contributed by atoms with Crippen molar-refractivity contribution in [2.45, 2.75) is 25.4 Å². The Balaban J connectivity index is 1.20. The summed E-state index contributed by atoms with van der Waals surface area (Å²) in [7, 11) is 2.03. The van der Waals surface area contributed by atoms with Crippen LogP contribution in [0.1, 0.15) is 18.4 Å². The largest absolute Gasteiger partial charge is 0.457 e. The molecule has 4 rings (SSSR count). The van der Waals surface area contributed by atoms with Crippen molar-refractivity contribution in [1.29, 1.82) is 0 Å². The minimum absolute atomic E-state index is 0.0148. The molecule has 1 saturated heterocycles. The Labute approximate surface area is 201 Å². The fourth-order valence-electron chi connectivity index (χ4n) is 4.29. The van der Waals surface area contributed by atoms with Gasteiger partial charge in [0.05, 0.1) is 17.9 Å². The number of nitrogens with zero attached hydrogens (tertiary/aromatic N) is 2. The molecule has 3 aromatic carbocycles. The normalized spacial score (nSPS) is 14.8. The highest BCUT2D eigenvalue weighted by atomic mass is 16.5. The molecule has 0 unspecified atom stereocenters. The van der Waals surface area contributed by atoms with Gasteiger partial charge in [-0.2, -0.15) is 0 Å². The van der Waals surface area contributed by atoms with Crippen LogP contribution in [0.3, 0.4) is 0 Å². The molecule has 34 heavy (non-hydrogen) atoms. The topological polar surface area (TPSA) is 96.9 Å². The van der Waals surface area contributed by atoms with Gasteiger partial charge in [0.25, 0.3) is 0 Å². The Morgan fingerprint density at radius 1 is 0.971 bits per heavy atom. The number of para-hydroxylation sites is 1. The summed E-state index contributed by atoms with van der Waals surface area (Å²) in [5.41, 5.74) is 14.9. The summed E-state index contributed by atoms with van der Waals surface area (Å²) in [6.45, 7) is 3.21. The van der Waals surface area contributed by atoms with E-state index >= 15 is 0 Å². The zero-order valence-corrected chi connectivity index (χ0v) is 19.6. The summed E-state index contributed by atoms with van der Waals surface area (Å²) in [6, 6.07) is 23.3. The Morgan fingerprint density at radius 2 is 1.65 bits per heavy atom. The first kappa shape index (κ1) is 23.6. The average molecular weight is 460 g/mol. The SMILES string of the molecule is CN(CC(=O)Nc1ccc(Oc2ccccc2)cc1)C1CCN(Cc2ccc(N)c(N)c2)CC1. The number of nitrogens with one attached hydrogen (secondary N) is 1. The minimum Gasteiger partial charge on any atom is -0.457 e. The lowest BCUT2D eigenvalue weighted by atomic mass is 10.0. The summed E-state index contributed by atoms with van der Waals surface area (Å²) in [5, 5.41) is 2.99. The highest BCUT2D eigenvalue weighted by Crippen LogP contribution is 2.23. The lowest BCUT2D eigenvalue weighted by Gasteiger charge is -2.36. The summed E-state index contributed by atoms with van der Waals surface area (Å²) in [4.78, 5) is 17.2. The number of carbonyl (C=O) groups excluding carboxylic acids is 1. The maximum Gasteiger partial charge on any atom is 0.238 e. The molecule has 1 aliphatic heterocycles. The molecule has 1 fully saturated rings. The van der Waals surface area contributed by atoms with Gasteiger partial charge in [-0.25, -0.2) is 0 Å². The summed E-state index contributed by atoms with van der Waals surface area (Å²) in [6.07, 6.45) is 2.06. The lowest BCUT2D eigenvalue weighted by Crippen LogP contribution is -2.45. The molecule has 0 atom stereocenters. The lowest BCUT2D eigenvalue weighted by molar-refractivity contribution is -0.117. The van der Waals surface area contributed by atoms with E-state index in [0.717, 1.165) is 49.7 Å². The number of nitrogens with two attached hydrogens (primary N) is 2. The van der Waals surface area contributed by atoms with Crippen LogP contribution in [0.4, 0.5) is 17.1 Å². The fourth-order valence-corrected chi connectivity index (χ4v) is 4.29. The molecule has 0 aromatic heterocycles. The second-order valence-electron chi connectivity index (χ2n) is 8.87. The van der Waals surface area contributed by atoms with Gasteiger partial charge in [0.1, 0.15) is 11.5 Å². The number of hydrogen-bond donors (Lipinski definition) is 3. The van der Waals surface area contributed by atoms with Gasteiger partial charge in [-0.15, -0.1) is 0 Å². The first-order valence-corrected chi connectivity index (χ1v) is 11.7. The number of nitrogen functional groups attached to an aromatic ring is 2. The smallest absolute Gasteiger partial charge is 0.238 e. The van der Waals surface area contributed by atoms with E-state index in [1.54, 1.807) is 0 Å². The third-order valence-electron chi connectivity index (χ3n) is 6.25. The number of likely N-dealkylation sites (N-methyl/N-ethyl adjacent to an activating group) is 1. The number of likely N-dealkylation sites (tertiary alicyclic amines) is 1. The van der Waals surface area contributed by atoms with Crippen LogP contribution < -0.4 is 21.5 Å². The molecule has 1 heterocycles. The van der Waals surface area contributed by atoms with E-state index in [2.05, 4.69) is 15.1 Å². The van der Waals surface area contributed by atoms with Gasteiger partial charge in [0.15, 0.2) is 0 Å². The standard InChI is InChI=1S/C27H33N5O2/c1-31(22-13-15-32(16-14-22)18-20-7-12-25(28)26(29)17-20)19-27(33)30-21-8-10-24(11-9-21)34-23-5-3-2-4-6-23/h2-12,17,22H,13-16,18-19,28-29H2,1H3,(H,30,33). The van der Waals surface area contributed by atoms with E-state index < -0.39 is 0 Å². The van der Waals surface area contributed by atoms with Crippen LogP contribution in [0.15, 0.2) is 72.8 Å². The predicted octanol–water partition coefficient (Wildman–Crippen LogP) is 4.18. The van der Waals surface area contributed by atoms with Crippen molar-refractivity contribution in [1.82, 2.24) is 9.80 Å². The first-order chi connectivity index (χ1) is 16.5. The highest BCUT2D eigenvalue weighted by Gasteiger charge is 2.23. The van der Waals surface area contributed by atoms with Crippen LogP contribution in [0.5, 0.6) is 11.5 Å². The third kappa shape index (κ3) is 6.50. The van der Waals surface area contributed by atoms with Crippen LogP contribution in [-0.2, 0) is 11.3 Å². The Morgan fingerprint density at radius 3 is 2.32 bits per heavy atom. The van der Waals surface area contributed by atoms with Crippen LogP contribution in [0.2, 0.25) is 0 Å². The van der Waals surface area contributed by atoms with Gasteiger partial charge in [-0.05, 0) is 87.1 Å². The average Bonchev–Trinajstić information content (AvgIpc) is 2.84. The zero-order chi connectivity index (χ0) is 23.9. The van der Waals surface area contributed by atoms with Crippen molar-refractivity contribution >= 4 is 23.0 Å². The number of anilines is 3. The van der Waals surface area contributed by atoms with Gasteiger partial charge in [0, 0.05) is 18.3 Å². The number of benzene rings is 3. The molecule has 1 aliphatic rings. The van der Waals surface area contributed by atoms with E-state index in [4.69, 9.17) is 16.2 Å². The molecule has 0 spiro atoms. The molecular weight excluding hydrogens is 426 g/mol. The Bertz CT molecular complexity index is 1080. The van der Waals surface area contributed by atoms with Crippen molar-refractivity contribution in [3.63, 3.8) is 0 Å². The maximum atomic E-state index is 12.6. The van der Waals surface area contributed by atoms with Crippen LogP contribution in [-0.4, -0.2) is 48.4 Å². The van der Waals surface area contributed by atoms with Crippen molar-refractivity contribution in [3.8, 4) is 11.5 Å². The fraction of sp³-hybridized carbons (Fsp3) is 0.296. The van der Waals surface area contributed by atoms with Crippen LogP contribution in [0, 0.1) is 0 Å². The van der Waals surface area contributed by atoms with E-state index in [-0.39, 0.29) is 5.91 Å². The number of amides is 1. The van der Waals surface area contributed by atoms with Gasteiger partial charge >= 0.3 is 0 Å². The highest BCUT2D eigenvalue weighted by molar-refractivity contribution is 5.92. The van der Waals surface area contributed by atoms with E-state index in [1.165, 1.54) is 5.56 Å². The van der Waals surface area contributed by atoms with Gasteiger partial charge in [-0.3, -0.25) is 14.6 Å². The van der Waals surface area contributed by atoms with E-state index in [1.807, 2.05) is 79.8 Å². The van der Waals surface area contributed by atoms with Gasteiger partial charge < -0.3 is 21.5 Å². The van der Waals surface area contributed by atoms with Crippen LogP contribution >= 0.6 is 0 Å². The van der Waals surface area contributed by atoms with Crippen molar-refractivity contribution < 1.29 is 9.53 Å². The van der Waals surface area contributed by atoms with Gasteiger partial charge in [-0.1, -0.05) is 24.3 Å². The molecule has 7 nitrogen and oxygen atoms in total. The summed E-state index contributed by atoms with van der Waals surface area (Å²) < 4.78 is 5.80. The molecule has 178 valence electrons. The molecule has 5 N–H and O–H groups in total. The third-order valence-corrected chi connectivity index (χ3v) is 6.25. The molecule has 0 aliphatic carbocycles. The molecule has 7 heteroatoms. The first-order valence-electron chi connectivity index (χ1n) is 11.7. The monoisotopic (exact) mass is 459 g/mol. The molecular formula is C27H33N5O2. The van der Waals surface area contributed by atoms with Crippen molar-refractivity contribution in [2.24, 2.45) is 0 Å². The van der Waals surface area contributed by atoms with Crippen molar-refractivity contribution in [2.75, 3.05) is 43.5 Å². The molecule has 3 aromatic rings. The number of ether oxygens (including phenoxy) is 1. The Hall–Kier alpha value is -3.55. The van der Waals surface area contributed by atoms with Gasteiger partial charge in [0.2, 0.25) is 5.91 Å². The quantitative estimate of drug-likeness (QED) is 0.437. The summed E-state index contributed by atoms with van der Waals surface area (Å²) in [5.74, 6) is 1.50. The van der Waals surface area contributed by atoms with Crippen molar-refractivity contribution in [3.05, 3.63) is 78.4 Å². The zero-order valence-electron chi connectivity index (χ0n) is 19.6. The maximum absolute atomic E-state index is 12.6. The molecule has 0 saturated carbocycles. The Kier molecular flexibility index (Phi) is 7.67.